The highest BCUT2D eigenvalue weighted by Gasteiger charge is 2.40. The molecule has 30 heavy (non-hydrogen) atoms. The van der Waals surface area contributed by atoms with E-state index < -0.39 is 66.5 Å². The molecule has 13 nitrogen and oxygen atoms in total. The van der Waals surface area contributed by atoms with E-state index in [4.69, 9.17) is 21.1 Å². The monoisotopic (exact) mass is 432 g/mol. The maximum absolute atomic E-state index is 12.9. The van der Waals surface area contributed by atoms with Crippen LogP contribution in [-0.2, 0) is 24.0 Å². The fourth-order valence-corrected chi connectivity index (χ4v) is 2.99. The number of aliphatic hydroxyl groups is 2. The summed E-state index contributed by atoms with van der Waals surface area (Å²) in [5.41, 5.74) is 5.62. The summed E-state index contributed by atoms with van der Waals surface area (Å²) in [7, 11) is 0. The van der Waals surface area contributed by atoms with E-state index in [1.54, 1.807) is 0 Å². The van der Waals surface area contributed by atoms with Gasteiger partial charge in [-0.05, 0) is 26.2 Å². The van der Waals surface area contributed by atoms with Gasteiger partial charge in [-0.2, -0.15) is 0 Å². The van der Waals surface area contributed by atoms with Crippen molar-refractivity contribution in [2.24, 2.45) is 5.73 Å². The Labute approximate surface area is 172 Å². The van der Waals surface area contributed by atoms with Crippen molar-refractivity contribution in [3.05, 3.63) is 0 Å². The minimum atomic E-state index is -1.53. The number of aliphatic carboxylic acids is 2. The highest BCUT2D eigenvalue weighted by atomic mass is 16.4. The Balaban J connectivity index is 2.86. The van der Waals surface area contributed by atoms with Crippen molar-refractivity contribution < 1.29 is 44.4 Å². The molecule has 1 heterocycles. The Morgan fingerprint density at radius 1 is 1.17 bits per heavy atom. The second-order valence-corrected chi connectivity index (χ2v) is 7.04. The van der Waals surface area contributed by atoms with Crippen molar-refractivity contribution in [1.82, 2.24) is 15.5 Å². The zero-order chi connectivity index (χ0) is 23.0. The average molecular weight is 432 g/mol. The third-order valence-corrected chi connectivity index (χ3v) is 4.69. The topological polar surface area (TPSA) is 220 Å². The largest absolute Gasteiger partial charge is 0.481 e. The minimum Gasteiger partial charge on any atom is -0.481 e. The van der Waals surface area contributed by atoms with Gasteiger partial charge in [-0.1, -0.05) is 0 Å². The van der Waals surface area contributed by atoms with Crippen molar-refractivity contribution in [2.45, 2.75) is 62.9 Å². The highest BCUT2D eigenvalue weighted by molar-refractivity contribution is 5.94. The van der Waals surface area contributed by atoms with Crippen molar-refractivity contribution >= 4 is 29.7 Å². The first-order valence-electron chi connectivity index (χ1n) is 9.39. The first kappa shape index (κ1) is 25.3. The van der Waals surface area contributed by atoms with E-state index in [1.807, 2.05) is 0 Å². The Morgan fingerprint density at radius 3 is 2.30 bits per heavy atom. The van der Waals surface area contributed by atoms with Gasteiger partial charge in [0.05, 0.1) is 18.8 Å². The fourth-order valence-electron chi connectivity index (χ4n) is 2.99. The number of carbonyl (C=O) groups excluding carboxylic acids is 3. The van der Waals surface area contributed by atoms with Crippen LogP contribution in [0.4, 0.5) is 0 Å². The van der Waals surface area contributed by atoms with Crippen LogP contribution in [0.25, 0.3) is 0 Å². The van der Waals surface area contributed by atoms with Crippen LogP contribution in [0, 0.1) is 0 Å². The Morgan fingerprint density at radius 2 is 1.80 bits per heavy atom. The van der Waals surface area contributed by atoms with Crippen LogP contribution in [0.2, 0.25) is 0 Å². The third kappa shape index (κ3) is 6.93. The lowest BCUT2D eigenvalue weighted by molar-refractivity contribution is -0.146. The first-order valence-corrected chi connectivity index (χ1v) is 9.39. The zero-order valence-electron chi connectivity index (χ0n) is 16.5. The number of nitrogens with zero attached hydrogens (tertiary/aromatic N) is 1. The molecular formula is C17H28N4O9. The number of carboxylic acid groups (broad SMARTS) is 2. The molecule has 5 atom stereocenters. The summed E-state index contributed by atoms with van der Waals surface area (Å²) >= 11 is 0. The van der Waals surface area contributed by atoms with Crippen LogP contribution in [-0.4, -0.2) is 98.4 Å². The molecule has 0 aromatic rings. The maximum Gasteiger partial charge on any atom is 0.328 e. The van der Waals surface area contributed by atoms with Crippen molar-refractivity contribution in [2.75, 3.05) is 13.2 Å². The van der Waals surface area contributed by atoms with Gasteiger partial charge in [0.1, 0.15) is 18.1 Å². The summed E-state index contributed by atoms with van der Waals surface area (Å²) in [5, 5.41) is 41.0. The molecule has 1 aliphatic heterocycles. The van der Waals surface area contributed by atoms with Crippen molar-refractivity contribution in [3.63, 3.8) is 0 Å². The Kier molecular flexibility index (Phi) is 9.62. The lowest BCUT2D eigenvalue weighted by atomic mass is 10.1. The molecule has 1 aliphatic rings. The van der Waals surface area contributed by atoms with E-state index in [0.29, 0.717) is 6.42 Å². The summed E-state index contributed by atoms with van der Waals surface area (Å²) in [5.74, 6) is -4.96. The summed E-state index contributed by atoms with van der Waals surface area (Å²) in [4.78, 5) is 60.2. The number of likely N-dealkylation sites (tertiary alicyclic amines) is 1. The molecule has 0 aliphatic carbocycles. The molecule has 0 aromatic carbocycles. The molecule has 1 fully saturated rings. The van der Waals surface area contributed by atoms with E-state index in [9.17, 15) is 29.1 Å². The molecule has 0 saturated carbocycles. The molecule has 0 bridgehead atoms. The molecule has 170 valence electrons. The first-order chi connectivity index (χ1) is 14.0. The van der Waals surface area contributed by atoms with E-state index in [-0.39, 0.29) is 25.8 Å². The number of nitrogens with one attached hydrogen (secondary N) is 2. The maximum atomic E-state index is 12.9. The van der Waals surface area contributed by atoms with Gasteiger partial charge in [0.15, 0.2) is 0 Å². The van der Waals surface area contributed by atoms with Gasteiger partial charge in [-0.15, -0.1) is 0 Å². The van der Waals surface area contributed by atoms with Crippen molar-refractivity contribution in [3.8, 4) is 0 Å². The van der Waals surface area contributed by atoms with Gasteiger partial charge in [0.25, 0.3) is 0 Å². The molecule has 13 heteroatoms. The van der Waals surface area contributed by atoms with E-state index in [2.05, 4.69) is 10.6 Å². The number of aliphatic hydroxyl groups excluding tert-OH is 2. The van der Waals surface area contributed by atoms with E-state index >= 15 is 0 Å². The average Bonchev–Trinajstić information content (AvgIpc) is 3.16. The molecule has 3 amide bonds. The third-order valence-electron chi connectivity index (χ3n) is 4.69. The lowest BCUT2D eigenvalue weighted by Gasteiger charge is -2.31. The van der Waals surface area contributed by atoms with Gasteiger partial charge in [0, 0.05) is 13.0 Å². The second kappa shape index (κ2) is 11.4. The van der Waals surface area contributed by atoms with E-state index in [1.165, 1.54) is 6.92 Å². The Hall–Kier alpha value is -2.77. The van der Waals surface area contributed by atoms with Gasteiger partial charge in [-0.25, -0.2) is 4.79 Å². The number of amides is 3. The normalized spacial score (nSPS) is 20.0. The van der Waals surface area contributed by atoms with Crippen LogP contribution < -0.4 is 16.4 Å². The number of nitrogens with two attached hydrogens (primary N) is 1. The van der Waals surface area contributed by atoms with Crippen LogP contribution in [0.3, 0.4) is 0 Å². The SMILES string of the molecule is CC(O)C(NC(=O)C(N)CCC(=O)O)C(=O)N1CCCC1C(=O)NC(CO)C(=O)O. The summed E-state index contributed by atoms with van der Waals surface area (Å²) in [6, 6.07) is -5.22. The van der Waals surface area contributed by atoms with Crippen LogP contribution in [0.1, 0.15) is 32.6 Å². The highest BCUT2D eigenvalue weighted by Crippen LogP contribution is 2.19. The summed E-state index contributed by atoms with van der Waals surface area (Å²) < 4.78 is 0. The second-order valence-electron chi connectivity index (χ2n) is 7.04. The molecular weight excluding hydrogens is 404 g/mol. The number of hydrogen-bond donors (Lipinski definition) is 7. The quantitative estimate of drug-likeness (QED) is 0.171. The smallest absolute Gasteiger partial charge is 0.328 e. The lowest BCUT2D eigenvalue weighted by Crippen LogP contribution is -2.59. The predicted molar refractivity (Wildman–Crippen MR) is 99.8 cm³/mol. The van der Waals surface area contributed by atoms with E-state index in [0.717, 1.165) is 4.90 Å². The van der Waals surface area contributed by atoms with Crippen molar-refractivity contribution in [1.29, 1.82) is 0 Å². The number of hydrogen-bond acceptors (Lipinski definition) is 8. The van der Waals surface area contributed by atoms with Crippen LogP contribution in [0.15, 0.2) is 0 Å². The van der Waals surface area contributed by atoms with Gasteiger partial charge in [0.2, 0.25) is 17.7 Å². The summed E-state index contributed by atoms with van der Waals surface area (Å²) in [6.07, 6.45) is -1.21. The number of carbonyl (C=O) groups is 5. The van der Waals surface area contributed by atoms with Gasteiger partial charge in [-0.3, -0.25) is 19.2 Å². The molecule has 0 spiro atoms. The van der Waals surface area contributed by atoms with Crippen LogP contribution >= 0.6 is 0 Å². The number of rotatable bonds is 11. The van der Waals surface area contributed by atoms with Crippen LogP contribution in [0.5, 0.6) is 0 Å². The minimum absolute atomic E-state index is 0.137. The molecule has 0 aromatic heterocycles. The Bertz CT molecular complexity index is 670. The molecule has 1 rings (SSSR count). The summed E-state index contributed by atoms with van der Waals surface area (Å²) in [6.45, 7) is 0.559. The fraction of sp³-hybridized carbons (Fsp3) is 0.706. The van der Waals surface area contributed by atoms with Gasteiger partial charge < -0.3 is 41.7 Å². The standard InChI is InChI=1S/C17H28N4O9/c1-8(23)13(20-14(26)9(18)4-5-12(24)25)16(28)21-6-2-3-11(21)15(27)19-10(7-22)17(29)30/h8-11,13,22-23H,2-7,18H2,1H3,(H,19,27)(H,20,26)(H,24,25)(H,29,30). The zero-order valence-corrected chi connectivity index (χ0v) is 16.5. The van der Waals surface area contributed by atoms with Gasteiger partial charge >= 0.3 is 11.9 Å². The number of carboxylic acids is 2. The predicted octanol–water partition coefficient (Wildman–Crippen LogP) is -3.40. The molecule has 5 unspecified atom stereocenters. The molecule has 0 radical (unpaired) electrons. The molecule has 8 N–H and O–H groups in total. The molecule has 1 saturated heterocycles.